The third kappa shape index (κ3) is 5.74. The lowest BCUT2D eigenvalue weighted by Gasteiger charge is -2.32. The predicted octanol–water partition coefficient (Wildman–Crippen LogP) is 5.33. The number of nitrogens with one attached hydrogen (secondary N) is 1. The number of carbonyl (C=O) groups excluding carboxylic acids is 1. The lowest BCUT2D eigenvalue weighted by molar-refractivity contribution is 0.00578. The highest BCUT2D eigenvalue weighted by atomic mass is 35.5. The Morgan fingerprint density at radius 3 is 2.31 bits per heavy atom. The Hall–Kier alpha value is -1.57. The molecule has 1 amide bonds. The topological polar surface area (TPSA) is 56.8 Å². The summed E-state index contributed by atoms with van der Waals surface area (Å²) in [5.74, 6) is -0.379. The van der Waals surface area contributed by atoms with E-state index in [4.69, 9.17) is 25.6 Å². The molecule has 0 bridgehead atoms. The summed E-state index contributed by atoms with van der Waals surface area (Å²) in [6.45, 7) is 14.9. The smallest absolute Gasteiger partial charge is 0.444 e. The molecule has 1 aromatic carbocycles. The summed E-state index contributed by atoms with van der Waals surface area (Å²) in [6, 6.07) is 2.94. The van der Waals surface area contributed by atoms with Crippen molar-refractivity contribution in [1.29, 1.82) is 0 Å². The van der Waals surface area contributed by atoms with Crippen LogP contribution < -0.4 is 5.32 Å². The van der Waals surface area contributed by atoms with Crippen LogP contribution in [0.5, 0.6) is 0 Å². The van der Waals surface area contributed by atoms with Gasteiger partial charge in [0.05, 0.1) is 16.2 Å². The van der Waals surface area contributed by atoms with Gasteiger partial charge in [0.2, 0.25) is 0 Å². The molecule has 0 unspecified atom stereocenters. The molecule has 29 heavy (non-hydrogen) atoms. The number of hydrogen-bond donors (Lipinski definition) is 1. The molecule has 0 aliphatic carbocycles. The molecule has 1 aromatic rings. The van der Waals surface area contributed by atoms with Crippen LogP contribution in [0, 0.1) is 12.7 Å². The van der Waals surface area contributed by atoms with Crippen molar-refractivity contribution in [3.8, 4) is 0 Å². The fraction of sp³-hybridized carbons (Fsp3) is 0.571. The minimum atomic E-state index is -0.698. The van der Waals surface area contributed by atoms with Crippen molar-refractivity contribution in [2.45, 2.75) is 72.2 Å². The van der Waals surface area contributed by atoms with Crippen molar-refractivity contribution < 1.29 is 23.2 Å². The first-order valence-electron chi connectivity index (χ1n) is 9.60. The summed E-state index contributed by atoms with van der Waals surface area (Å²) in [5, 5.41) is 3.03. The first kappa shape index (κ1) is 23.7. The molecule has 1 N–H and O–H groups in total. The molecule has 1 fully saturated rings. The van der Waals surface area contributed by atoms with Gasteiger partial charge in [-0.15, -0.1) is 0 Å². The molecular weight excluding hydrogens is 395 g/mol. The second kappa shape index (κ2) is 8.28. The van der Waals surface area contributed by atoms with E-state index in [0.717, 1.165) is 0 Å². The summed E-state index contributed by atoms with van der Waals surface area (Å²) in [4.78, 5) is 12.1. The zero-order chi connectivity index (χ0) is 22.2. The van der Waals surface area contributed by atoms with Gasteiger partial charge in [-0.05, 0) is 72.5 Å². The van der Waals surface area contributed by atoms with Crippen molar-refractivity contribution in [1.82, 2.24) is 5.32 Å². The van der Waals surface area contributed by atoms with E-state index in [1.54, 1.807) is 39.8 Å². The van der Waals surface area contributed by atoms with Gasteiger partial charge in [-0.1, -0.05) is 23.7 Å². The van der Waals surface area contributed by atoms with Crippen molar-refractivity contribution in [2.24, 2.45) is 0 Å². The lowest BCUT2D eigenvalue weighted by atomic mass is 9.77. The van der Waals surface area contributed by atoms with Gasteiger partial charge in [0, 0.05) is 12.1 Å². The van der Waals surface area contributed by atoms with E-state index < -0.39 is 30.0 Å². The molecule has 8 heteroatoms. The molecule has 1 aliphatic heterocycles. The summed E-state index contributed by atoms with van der Waals surface area (Å²) >= 11 is 6.33. The first-order chi connectivity index (χ1) is 13.1. The van der Waals surface area contributed by atoms with Gasteiger partial charge >= 0.3 is 13.2 Å². The largest absolute Gasteiger partial charge is 0.492 e. The minimum absolute atomic E-state index is 0.124. The minimum Gasteiger partial charge on any atom is -0.444 e. The van der Waals surface area contributed by atoms with E-state index in [9.17, 15) is 9.18 Å². The number of ether oxygens (including phenoxy) is 1. The van der Waals surface area contributed by atoms with Gasteiger partial charge < -0.3 is 19.4 Å². The van der Waals surface area contributed by atoms with Gasteiger partial charge in [-0.2, -0.15) is 0 Å². The Bertz CT molecular complexity index is 802. The maximum atomic E-state index is 13.8. The number of amides is 1. The van der Waals surface area contributed by atoms with E-state index in [1.807, 2.05) is 27.7 Å². The normalized spacial score (nSPS) is 18.7. The third-order valence-electron chi connectivity index (χ3n) is 5.08. The molecule has 1 heterocycles. The number of benzene rings is 1. The summed E-state index contributed by atoms with van der Waals surface area (Å²) in [5.41, 5.74) is -0.107. The van der Waals surface area contributed by atoms with Gasteiger partial charge in [0.25, 0.3) is 0 Å². The van der Waals surface area contributed by atoms with E-state index in [1.165, 1.54) is 6.07 Å². The van der Waals surface area contributed by atoms with Crippen LogP contribution in [0.3, 0.4) is 0 Å². The number of hydrogen-bond acceptors (Lipinski definition) is 4. The molecule has 0 radical (unpaired) electrons. The van der Waals surface area contributed by atoms with E-state index >= 15 is 0 Å². The van der Waals surface area contributed by atoms with Crippen molar-refractivity contribution in [3.05, 3.63) is 39.6 Å². The fourth-order valence-corrected chi connectivity index (χ4v) is 2.89. The molecular formula is C21H30BClFNO4. The molecule has 1 aliphatic rings. The molecule has 160 valence electrons. The van der Waals surface area contributed by atoms with Crippen LogP contribution in [0.25, 0.3) is 6.08 Å². The predicted molar refractivity (Wildman–Crippen MR) is 114 cm³/mol. The Morgan fingerprint density at radius 2 is 1.79 bits per heavy atom. The quantitative estimate of drug-likeness (QED) is 0.663. The third-order valence-corrected chi connectivity index (χ3v) is 5.58. The Labute approximate surface area is 178 Å². The van der Waals surface area contributed by atoms with Crippen LogP contribution >= 0.6 is 11.6 Å². The standard InChI is InChI=1S/C21H30BClFNO4/c1-13-16(24)10-9-14(17(13)23)11-15(12-25-18(26)27-19(2,3)4)22-28-20(5,6)21(7,8)29-22/h9-11H,12H2,1-8H3,(H,25,26). The zero-order valence-corrected chi connectivity index (χ0v) is 19.2. The van der Waals surface area contributed by atoms with E-state index in [-0.39, 0.29) is 12.4 Å². The second-order valence-corrected chi connectivity index (χ2v) is 9.62. The van der Waals surface area contributed by atoms with Crippen molar-refractivity contribution >= 4 is 30.9 Å². The van der Waals surface area contributed by atoms with Crippen LogP contribution in [-0.2, 0) is 14.0 Å². The molecule has 2 rings (SSSR count). The number of carbonyl (C=O) groups is 1. The molecule has 5 nitrogen and oxygen atoms in total. The van der Waals surface area contributed by atoms with Crippen molar-refractivity contribution in [3.63, 3.8) is 0 Å². The first-order valence-corrected chi connectivity index (χ1v) is 9.98. The maximum Gasteiger partial charge on any atom is 0.492 e. The SMILES string of the molecule is Cc1c(F)ccc(C=C(CNC(=O)OC(C)(C)C)B2OC(C)(C)C(C)(C)O2)c1Cl. The number of rotatable bonds is 4. The average molecular weight is 426 g/mol. The average Bonchev–Trinajstić information content (AvgIpc) is 2.77. The van der Waals surface area contributed by atoms with Crippen molar-refractivity contribution in [2.75, 3.05) is 6.54 Å². The van der Waals surface area contributed by atoms with Crippen LogP contribution in [0.1, 0.15) is 59.6 Å². The summed E-state index contributed by atoms with van der Waals surface area (Å²) in [6.07, 6.45) is 1.20. The van der Waals surface area contributed by atoms with Gasteiger partial charge in [0.15, 0.2) is 0 Å². The summed E-state index contributed by atoms with van der Waals surface area (Å²) in [7, 11) is -0.698. The summed E-state index contributed by atoms with van der Waals surface area (Å²) < 4.78 is 31.3. The molecule has 0 aromatic heterocycles. The molecule has 0 atom stereocenters. The highest BCUT2D eigenvalue weighted by Crippen LogP contribution is 2.39. The number of halogens is 2. The fourth-order valence-electron chi connectivity index (χ4n) is 2.68. The zero-order valence-electron chi connectivity index (χ0n) is 18.4. The Kier molecular flexibility index (Phi) is 6.77. The maximum absolute atomic E-state index is 13.8. The highest BCUT2D eigenvalue weighted by Gasteiger charge is 2.52. The molecule has 0 saturated carbocycles. The monoisotopic (exact) mass is 425 g/mol. The van der Waals surface area contributed by atoms with Gasteiger partial charge in [-0.3, -0.25) is 0 Å². The Morgan fingerprint density at radius 1 is 1.24 bits per heavy atom. The van der Waals surface area contributed by atoms with E-state index in [0.29, 0.717) is 21.6 Å². The van der Waals surface area contributed by atoms with Crippen LogP contribution in [0.15, 0.2) is 17.6 Å². The lowest BCUT2D eigenvalue weighted by Crippen LogP contribution is -2.41. The highest BCUT2D eigenvalue weighted by molar-refractivity contribution is 6.56. The van der Waals surface area contributed by atoms with Gasteiger partial charge in [0.1, 0.15) is 11.4 Å². The van der Waals surface area contributed by atoms with Crippen LogP contribution in [0.4, 0.5) is 9.18 Å². The molecule has 0 spiro atoms. The number of alkyl carbamates (subject to hydrolysis) is 1. The Balaban J connectivity index is 2.34. The van der Waals surface area contributed by atoms with Gasteiger partial charge in [-0.25, -0.2) is 9.18 Å². The van der Waals surface area contributed by atoms with Crippen LogP contribution in [-0.4, -0.2) is 36.6 Å². The molecule has 1 saturated heterocycles. The van der Waals surface area contributed by atoms with Crippen LogP contribution in [0.2, 0.25) is 5.02 Å². The van der Waals surface area contributed by atoms with E-state index in [2.05, 4.69) is 5.32 Å². The second-order valence-electron chi connectivity index (χ2n) is 9.24.